The Labute approximate surface area is 41.0 Å². The van der Waals surface area contributed by atoms with Gasteiger partial charge in [0.05, 0.1) is 5.34 Å². The van der Waals surface area contributed by atoms with E-state index in [0.717, 1.165) is 0 Å². The lowest BCUT2D eigenvalue weighted by Crippen LogP contribution is -2.02. The average Bonchev–Trinajstić information content (AvgIpc) is 1.46. The van der Waals surface area contributed by atoms with E-state index in [2.05, 4.69) is 11.7 Å². The van der Waals surface area contributed by atoms with Crippen molar-refractivity contribution in [2.45, 2.75) is 0 Å². The van der Waals surface area contributed by atoms with Crippen molar-refractivity contribution in [2.24, 2.45) is 11.7 Å². The van der Waals surface area contributed by atoms with Gasteiger partial charge in [-0.05, 0) is 0 Å². The van der Waals surface area contributed by atoms with E-state index in [0.29, 0.717) is 0 Å². The minimum atomic E-state index is 0.194. The highest BCUT2D eigenvalue weighted by Crippen LogP contribution is 1.73. The number of nitrogens with two attached hydrogens (primary N) is 2. The van der Waals surface area contributed by atoms with Gasteiger partial charge in [-0.25, -0.2) is 0 Å². The van der Waals surface area contributed by atoms with Gasteiger partial charge < -0.3 is 0 Å². The van der Waals surface area contributed by atoms with Crippen molar-refractivity contribution in [1.82, 2.24) is 0 Å². The van der Waals surface area contributed by atoms with E-state index in [9.17, 15) is 0 Å². The molecule has 0 rings (SSSR count). The zero-order valence-electron chi connectivity index (χ0n) is 2.62. The van der Waals surface area contributed by atoms with Gasteiger partial charge in [0.1, 0.15) is 0 Å². The molecule has 0 aromatic carbocycles. The van der Waals surface area contributed by atoms with Crippen LogP contribution in [0.15, 0.2) is 0 Å². The molecule has 0 aromatic heterocycles. The standard InChI is InChI=1S/CH2Cl2.H4N2/c2-1-3;1-2/h1H2;1-2H2. The minimum Gasteiger partial charge on any atom is -0.274 e. The molecule has 0 saturated carbocycles. The van der Waals surface area contributed by atoms with E-state index < -0.39 is 0 Å². The van der Waals surface area contributed by atoms with E-state index in [-0.39, 0.29) is 5.34 Å². The fourth-order valence-corrected chi connectivity index (χ4v) is 0. The average molecular weight is 117 g/mol. The molecule has 2 nitrogen and oxygen atoms in total. The smallest absolute Gasteiger partial charge is 0.0967 e. The first kappa shape index (κ1) is 9.09. The van der Waals surface area contributed by atoms with Crippen molar-refractivity contribution < 1.29 is 0 Å². The highest BCUT2D eigenvalue weighted by atomic mass is 35.5. The molecule has 5 heavy (non-hydrogen) atoms. The van der Waals surface area contributed by atoms with Crippen molar-refractivity contribution in [3.63, 3.8) is 0 Å². The number of halogens is 2. The van der Waals surface area contributed by atoms with Crippen molar-refractivity contribution in [2.75, 3.05) is 5.34 Å². The molecule has 0 saturated heterocycles. The molecular weight excluding hydrogens is 111 g/mol. The highest BCUT2D eigenvalue weighted by Gasteiger charge is 1.41. The highest BCUT2D eigenvalue weighted by molar-refractivity contribution is 6.40. The first-order valence-electron chi connectivity index (χ1n) is 0.868. The van der Waals surface area contributed by atoms with Crippen molar-refractivity contribution in [3.8, 4) is 0 Å². The number of hydrogen-bond acceptors (Lipinski definition) is 2. The third-order valence-corrected chi connectivity index (χ3v) is 0. The van der Waals surface area contributed by atoms with Crippen LogP contribution in [0.4, 0.5) is 0 Å². The predicted octanol–water partition coefficient (Wildman–Crippen LogP) is 0.240. The summed E-state index contributed by atoms with van der Waals surface area (Å²) in [5.41, 5.74) is 0. The van der Waals surface area contributed by atoms with Gasteiger partial charge in [-0.3, -0.25) is 11.7 Å². The fourth-order valence-electron chi connectivity index (χ4n) is 0. The fraction of sp³-hybridized carbons (Fsp3) is 1.00. The molecule has 0 fully saturated rings. The maximum absolute atomic E-state index is 4.76. The molecule has 34 valence electrons. The minimum absolute atomic E-state index is 0.194. The Morgan fingerprint density at radius 1 is 1.20 bits per heavy atom. The molecule has 0 bridgehead atoms. The summed E-state index contributed by atoms with van der Waals surface area (Å²) >= 11 is 9.53. The molecule has 0 unspecified atom stereocenters. The largest absolute Gasteiger partial charge is 0.274 e. The van der Waals surface area contributed by atoms with Gasteiger partial charge in [-0.2, -0.15) is 0 Å². The third kappa shape index (κ3) is 113. The van der Waals surface area contributed by atoms with Crippen LogP contribution in [-0.2, 0) is 0 Å². The Morgan fingerprint density at radius 3 is 1.20 bits per heavy atom. The lowest BCUT2D eigenvalue weighted by molar-refractivity contribution is 1.26. The number of alkyl halides is 2. The van der Waals surface area contributed by atoms with Crippen molar-refractivity contribution in [1.29, 1.82) is 0 Å². The zero-order valence-corrected chi connectivity index (χ0v) is 4.13. The second-order valence-electron chi connectivity index (χ2n) is 0.101. The van der Waals surface area contributed by atoms with Gasteiger partial charge in [-0.1, -0.05) is 0 Å². The summed E-state index contributed by atoms with van der Waals surface area (Å²) in [6.45, 7) is 0. The summed E-state index contributed by atoms with van der Waals surface area (Å²) in [6.07, 6.45) is 0. The quantitative estimate of drug-likeness (QED) is 0.271. The summed E-state index contributed by atoms with van der Waals surface area (Å²) in [6, 6.07) is 0. The number of rotatable bonds is 0. The first-order chi connectivity index (χ1) is 2.41. The Balaban J connectivity index is 0. The number of hydrogen-bond donors (Lipinski definition) is 2. The van der Waals surface area contributed by atoms with Crippen LogP contribution in [0.5, 0.6) is 0 Å². The predicted molar refractivity (Wildman–Crippen MR) is 24.9 cm³/mol. The Hall–Kier alpha value is 0.500. The van der Waals surface area contributed by atoms with Crippen LogP contribution in [0, 0.1) is 0 Å². The summed E-state index contributed by atoms with van der Waals surface area (Å²) in [5.74, 6) is 8.00. The topological polar surface area (TPSA) is 52.0 Å². The summed E-state index contributed by atoms with van der Waals surface area (Å²) in [7, 11) is 0. The van der Waals surface area contributed by atoms with Crippen molar-refractivity contribution in [3.05, 3.63) is 0 Å². The van der Waals surface area contributed by atoms with Gasteiger partial charge in [0.15, 0.2) is 0 Å². The number of hydrazine groups is 1. The molecule has 0 aliphatic rings. The molecule has 0 aliphatic carbocycles. The molecule has 4 heteroatoms. The molecule has 0 aromatic rings. The molecular formula is CH6Cl2N2. The maximum Gasteiger partial charge on any atom is 0.0967 e. The molecule has 0 aliphatic heterocycles. The van der Waals surface area contributed by atoms with Crippen LogP contribution in [0.3, 0.4) is 0 Å². The van der Waals surface area contributed by atoms with Crippen molar-refractivity contribution >= 4 is 23.2 Å². The molecule has 0 spiro atoms. The lowest BCUT2D eigenvalue weighted by Gasteiger charge is -1.42. The van der Waals surface area contributed by atoms with E-state index in [1.165, 1.54) is 0 Å². The normalized spacial score (nSPS) is 4.80. The summed E-state index contributed by atoms with van der Waals surface area (Å²) in [4.78, 5) is 0. The molecule has 4 N–H and O–H groups in total. The van der Waals surface area contributed by atoms with E-state index >= 15 is 0 Å². The van der Waals surface area contributed by atoms with Crippen LogP contribution < -0.4 is 11.7 Å². The molecule has 0 amide bonds. The Kier molecular flexibility index (Phi) is 44.5. The second kappa shape index (κ2) is 24.5. The van der Waals surface area contributed by atoms with Crippen LogP contribution in [-0.4, -0.2) is 5.34 Å². The lowest BCUT2D eigenvalue weighted by atomic mass is 11.9. The van der Waals surface area contributed by atoms with Gasteiger partial charge in [0.25, 0.3) is 0 Å². The van der Waals surface area contributed by atoms with Gasteiger partial charge in [-0.15, -0.1) is 23.2 Å². The van der Waals surface area contributed by atoms with Gasteiger partial charge in [0, 0.05) is 0 Å². The molecule has 0 atom stereocenters. The van der Waals surface area contributed by atoms with Crippen LogP contribution >= 0.6 is 23.2 Å². The monoisotopic (exact) mass is 116 g/mol. The summed E-state index contributed by atoms with van der Waals surface area (Å²) in [5, 5.41) is 0.194. The maximum atomic E-state index is 4.76. The van der Waals surface area contributed by atoms with E-state index in [1.54, 1.807) is 0 Å². The zero-order chi connectivity index (χ0) is 4.71. The van der Waals surface area contributed by atoms with Gasteiger partial charge in [0.2, 0.25) is 0 Å². The van der Waals surface area contributed by atoms with Gasteiger partial charge >= 0.3 is 0 Å². The summed E-state index contributed by atoms with van der Waals surface area (Å²) < 4.78 is 0. The van der Waals surface area contributed by atoms with E-state index in [4.69, 9.17) is 23.2 Å². The van der Waals surface area contributed by atoms with E-state index in [1.807, 2.05) is 0 Å². The molecule has 0 heterocycles. The molecule has 0 radical (unpaired) electrons. The SMILES string of the molecule is ClCCl.NN. The van der Waals surface area contributed by atoms with Crippen LogP contribution in [0.1, 0.15) is 0 Å². The van der Waals surface area contributed by atoms with Crippen LogP contribution in [0.25, 0.3) is 0 Å². The van der Waals surface area contributed by atoms with Crippen LogP contribution in [0.2, 0.25) is 0 Å². The first-order valence-corrected chi connectivity index (χ1v) is 1.94. The second-order valence-corrected chi connectivity index (χ2v) is 0.909. The third-order valence-electron chi connectivity index (χ3n) is 0. The Bertz CT molecular complexity index is 7.61. The Morgan fingerprint density at radius 2 is 1.20 bits per heavy atom.